The minimum Gasteiger partial charge on any atom is -0.289 e. The third-order valence-electron chi connectivity index (χ3n) is 3.87. The zero-order valence-corrected chi connectivity index (χ0v) is 12.3. The van der Waals surface area contributed by atoms with E-state index in [0.29, 0.717) is 28.7 Å². The smallest absolute Gasteiger partial charge is 0.190 e. The van der Waals surface area contributed by atoms with Gasteiger partial charge in [0.1, 0.15) is 0 Å². The Bertz CT molecular complexity index is 618. The van der Waals surface area contributed by atoms with Gasteiger partial charge in [0, 0.05) is 22.3 Å². The van der Waals surface area contributed by atoms with Crippen LogP contribution in [0.15, 0.2) is 47.1 Å². The molecule has 0 atom stereocenters. The number of Topliss-reactive ketones (excluding diaryl/α,β-unsaturated/α-hetero) is 2. The van der Waals surface area contributed by atoms with E-state index in [-0.39, 0.29) is 11.6 Å². The van der Waals surface area contributed by atoms with Crippen molar-refractivity contribution in [3.8, 4) is 0 Å². The number of carbonyl (C=O) groups is 2. The van der Waals surface area contributed by atoms with Crippen LogP contribution in [-0.4, -0.2) is 11.6 Å². The minimum atomic E-state index is -0.0119. The third kappa shape index (κ3) is 2.51. The average Bonchev–Trinajstić information content (AvgIpc) is 2.48. The van der Waals surface area contributed by atoms with E-state index in [0.717, 1.165) is 12.8 Å². The number of fused-ring (bicyclic) bond motifs is 1. The van der Waals surface area contributed by atoms with Gasteiger partial charge in [-0.2, -0.15) is 0 Å². The SMILES string of the molecule is C/C=C(/CCC)CC1=C(C)C(=O)c2ccccc2C1=O. The van der Waals surface area contributed by atoms with Gasteiger partial charge >= 0.3 is 0 Å². The first-order valence-electron chi connectivity index (χ1n) is 7.12. The quantitative estimate of drug-likeness (QED) is 0.752. The molecule has 0 saturated heterocycles. The number of hydrogen-bond acceptors (Lipinski definition) is 2. The van der Waals surface area contributed by atoms with E-state index in [1.165, 1.54) is 5.57 Å². The van der Waals surface area contributed by atoms with Crippen LogP contribution in [-0.2, 0) is 0 Å². The summed E-state index contributed by atoms with van der Waals surface area (Å²) in [6.45, 7) is 5.88. The van der Waals surface area contributed by atoms with Crippen LogP contribution in [0.2, 0.25) is 0 Å². The monoisotopic (exact) mass is 268 g/mol. The van der Waals surface area contributed by atoms with Crippen molar-refractivity contribution < 1.29 is 9.59 Å². The lowest BCUT2D eigenvalue weighted by molar-refractivity contribution is 0.0973. The van der Waals surface area contributed by atoms with Crippen LogP contribution in [0.4, 0.5) is 0 Å². The van der Waals surface area contributed by atoms with Crippen molar-refractivity contribution in [3.05, 3.63) is 58.2 Å². The summed E-state index contributed by atoms with van der Waals surface area (Å²) < 4.78 is 0. The standard InChI is InChI=1S/C18H20O2/c1-4-8-13(5-2)11-16-12(3)17(19)14-9-6-7-10-15(14)18(16)20/h5-7,9-10H,4,8,11H2,1-3H3/b13-5-. The summed E-state index contributed by atoms with van der Waals surface area (Å²) in [5, 5.41) is 0. The van der Waals surface area contributed by atoms with Gasteiger partial charge < -0.3 is 0 Å². The first-order chi connectivity index (χ1) is 9.60. The highest BCUT2D eigenvalue weighted by atomic mass is 16.1. The summed E-state index contributed by atoms with van der Waals surface area (Å²) in [6.07, 6.45) is 4.66. The Morgan fingerprint density at radius 1 is 1.10 bits per heavy atom. The molecule has 0 aliphatic heterocycles. The van der Waals surface area contributed by atoms with E-state index in [1.54, 1.807) is 25.1 Å². The van der Waals surface area contributed by atoms with Crippen LogP contribution in [0, 0.1) is 0 Å². The molecule has 20 heavy (non-hydrogen) atoms. The van der Waals surface area contributed by atoms with Crippen molar-refractivity contribution in [1.82, 2.24) is 0 Å². The normalized spacial score (nSPS) is 15.7. The van der Waals surface area contributed by atoms with Crippen LogP contribution >= 0.6 is 0 Å². The second-order valence-electron chi connectivity index (χ2n) is 5.18. The van der Waals surface area contributed by atoms with E-state index < -0.39 is 0 Å². The van der Waals surface area contributed by atoms with Gasteiger partial charge in [0.15, 0.2) is 11.6 Å². The first-order valence-corrected chi connectivity index (χ1v) is 7.12. The van der Waals surface area contributed by atoms with Crippen molar-refractivity contribution in [3.63, 3.8) is 0 Å². The molecule has 104 valence electrons. The Hall–Kier alpha value is -1.96. The van der Waals surface area contributed by atoms with Crippen LogP contribution < -0.4 is 0 Å². The van der Waals surface area contributed by atoms with Crippen LogP contribution in [0.1, 0.15) is 60.7 Å². The Morgan fingerprint density at radius 2 is 1.70 bits per heavy atom. The summed E-state index contributed by atoms with van der Waals surface area (Å²) in [5.41, 5.74) is 3.57. The van der Waals surface area contributed by atoms with Crippen molar-refractivity contribution in [2.75, 3.05) is 0 Å². The number of rotatable bonds is 4. The molecule has 1 aliphatic carbocycles. The molecule has 2 heteroatoms. The Balaban J connectivity index is 2.42. The fourth-order valence-corrected chi connectivity index (χ4v) is 2.65. The molecule has 0 spiro atoms. The van der Waals surface area contributed by atoms with Gasteiger partial charge in [-0.1, -0.05) is 49.3 Å². The fourth-order valence-electron chi connectivity index (χ4n) is 2.65. The largest absolute Gasteiger partial charge is 0.289 e. The predicted molar refractivity (Wildman–Crippen MR) is 81.1 cm³/mol. The molecule has 0 heterocycles. The molecule has 0 bridgehead atoms. The van der Waals surface area contributed by atoms with Gasteiger partial charge in [0.25, 0.3) is 0 Å². The van der Waals surface area contributed by atoms with Gasteiger partial charge in [-0.05, 0) is 26.7 Å². The fraction of sp³-hybridized carbons (Fsp3) is 0.333. The Kier molecular flexibility index (Phi) is 4.33. The highest BCUT2D eigenvalue weighted by molar-refractivity contribution is 6.26. The van der Waals surface area contributed by atoms with E-state index in [2.05, 4.69) is 13.0 Å². The molecule has 0 N–H and O–H groups in total. The highest BCUT2D eigenvalue weighted by Gasteiger charge is 2.29. The van der Waals surface area contributed by atoms with E-state index in [9.17, 15) is 9.59 Å². The van der Waals surface area contributed by atoms with Crippen LogP contribution in [0.25, 0.3) is 0 Å². The lowest BCUT2D eigenvalue weighted by atomic mass is 9.82. The minimum absolute atomic E-state index is 0.00755. The molecule has 0 fully saturated rings. The number of ketones is 2. The lowest BCUT2D eigenvalue weighted by Gasteiger charge is -2.19. The zero-order valence-electron chi connectivity index (χ0n) is 12.3. The molecule has 1 aliphatic rings. The molecule has 2 rings (SSSR count). The Labute approximate surface area is 120 Å². The maximum Gasteiger partial charge on any atom is 0.190 e. The first kappa shape index (κ1) is 14.4. The summed E-state index contributed by atoms with van der Waals surface area (Å²) in [6, 6.07) is 7.09. The van der Waals surface area contributed by atoms with Crippen molar-refractivity contribution in [2.45, 2.75) is 40.0 Å². The lowest BCUT2D eigenvalue weighted by Crippen LogP contribution is -2.21. The zero-order chi connectivity index (χ0) is 14.7. The highest BCUT2D eigenvalue weighted by Crippen LogP contribution is 2.30. The molecule has 1 aromatic carbocycles. The molecular weight excluding hydrogens is 248 g/mol. The summed E-state index contributed by atoms with van der Waals surface area (Å²) in [5.74, 6) is -0.00435. The molecule has 0 saturated carbocycles. The van der Waals surface area contributed by atoms with E-state index in [4.69, 9.17) is 0 Å². The molecule has 2 nitrogen and oxygen atoms in total. The predicted octanol–water partition coefficient (Wildman–Crippen LogP) is 4.52. The van der Waals surface area contributed by atoms with Crippen molar-refractivity contribution >= 4 is 11.6 Å². The number of allylic oxidation sites excluding steroid dienone is 4. The van der Waals surface area contributed by atoms with Gasteiger partial charge in [0.2, 0.25) is 0 Å². The molecule has 0 amide bonds. The Morgan fingerprint density at radius 3 is 2.25 bits per heavy atom. The maximum atomic E-state index is 12.6. The number of carbonyl (C=O) groups excluding carboxylic acids is 2. The number of benzene rings is 1. The topological polar surface area (TPSA) is 34.1 Å². The van der Waals surface area contributed by atoms with Gasteiger partial charge in [0.05, 0.1) is 0 Å². The molecule has 0 aromatic heterocycles. The average molecular weight is 268 g/mol. The van der Waals surface area contributed by atoms with Gasteiger partial charge in [-0.15, -0.1) is 0 Å². The van der Waals surface area contributed by atoms with E-state index >= 15 is 0 Å². The summed E-state index contributed by atoms with van der Waals surface area (Å²) in [4.78, 5) is 25.0. The second kappa shape index (κ2) is 6.00. The third-order valence-corrected chi connectivity index (χ3v) is 3.87. The molecule has 0 unspecified atom stereocenters. The summed E-state index contributed by atoms with van der Waals surface area (Å²) >= 11 is 0. The molecule has 1 aromatic rings. The van der Waals surface area contributed by atoms with Gasteiger partial charge in [-0.25, -0.2) is 0 Å². The molecular formula is C18H20O2. The van der Waals surface area contributed by atoms with Gasteiger partial charge in [-0.3, -0.25) is 9.59 Å². The van der Waals surface area contributed by atoms with Crippen LogP contribution in [0.3, 0.4) is 0 Å². The van der Waals surface area contributed by atoms with Crippen LogP contribution in [0.5, 0.6) is 0 Å². The summed E-state index contributed by atoms with van der Waals surface area (Å²) in [7, 11) is 0. The second-order valence-corrected chi connectivity index (χ2v) is 5.18. The van der Waals surface area contributed by atoms with Crippen molar-refractivity contribution in [2.24, 2.45) is 0 Å². The van der Waals surface area contributed by atoms with E-state index in [1.807, 2.05) is 13.0 Å². The number of hydrogen-bond donors (Lipinski definition) is 0. The molecule has 0 radical (unpaired) electrons. The van der Waals surface area contributed by atoms with Crippen molar-refractivity contribution in [1.29, 1.82) is 0 Å². The maximum absolute atomic E-state index is 12.6.